The molecule has 0 radical (unpaired) electrons. The molecular weight excluding hydrogens is 270 g/mol. The highest BCUT2D eigenvalue weighted by Gasteiger charge is 2.36. The summed E-state index contributed by atoms with van der Waals surface area (Å²) < 4.78 is 0. The molecule has 2 unspecified atom stereocenters. The smallest absolute Gasteiger partial charge is 0.102 e. The Kier molecular flexibility index (Phi) is 3.16. The fraction of sp³-hybridized carbons (Fsp3) is 0.263. The van der Waals surface area contributed by atoms with Crippen molar-refractivity contribution in [3.05, 3.63) is 70.8 Å². The van der Waals surface area contributed by atoms with Gasteiger partial charge in [0, 0.05) is 12.4 Å². The lowest BCUT2D eigenvalue weighted by atomic mass is 9.93. The average molecular weight is 289 g/mol. The first kappa shape index (κ1) is 13.4. The fourth-order valence-electron chi connectivity index (χ4n) is 3.71. The Hall–Kier alpha value is -2.26. The van der Waals surface area contributed by atoms with Crippen LogP contribution in [0.4, 0.5) is 0 Å². The van der Waals surface area contributed by atoms with Gasteiger partial charge in [-0.1, -0.05) is 48.5 Å². The summed E-state index contributed by atoms with van der Waals surface area (Å²) in [5.74, 6) is 0. The summed E-state index contributed by atoms with van der Waals surface area (Å²) in [6.07, 6.45) is 3.66. The molecular formula is C19H19N3. The Morgan fingerprint density at radius 2 is 1.09 bits per heavy atom. The van der Waals surface area contributed by atoms with E-state index in [1.165, 1.54) is 22.3 Å². The summed E-state index contributed by atoms with van der Waals surface area (Å²) in [6.45, 7) is 0. The maximum absolute atomic E-state index is 4.75. The van der Waals surface area contributed by atoms with E-state index in [2.05, 4.69) is 67.5 Å². The summed E-state index contributed by atoms with van der Waals surface area (Å²) >= 11 is 0. The third-order valence-corrected chi connectivity index (χ3v) is 4.59. The van der Waals surface area contributed by atoms with Crippen molar-refractivity contribution >= 4 is 12.4 Å². The van der Waals surface area contributed by atoms with Gasteiger partial charge in [0.05, 0.1) is 6.04 Å². The van der Waals surface area contributed by atoms with Crippen molar-refractivity contribution in [2.24, 2.45) is 9.98 Å². The van der Waals surface area contributed by atoms with Crippen LogP contribution in [-0.4, -0.2) is 31.4 Å². The predicted octanol–water partition coefficient (Wildman–Crippen LogP) is 3.59. The summed E-state index contributed by atoms with van der Waals surface area (Å²) in [5.41, 5.74) is 5.24. The molecule has 1 aliphatic carbocycles. The Labute approximate surface area is 131 Å². The third kappa shape index (κ3) is 1.93. The molecule has 2 aromatic rings. The Bertz CT molecular complexity index is 699. The van der Waals surface area contributed by atoms with E-state index in [-0.39, 0.29) is 18.1 Å². The van der Waals surface area contributed by atoms with Crippen LogP contribution < -0.4 is 0 Å². The van der Waals surface area contributed by atoms with Gasteiger partial charge in [0.15, 0.2) is 0 Å². The van der Waals surface area contributed by atoms with Crippen LogP contribution in [-0.2, 0) is 0 Å². The van der Waals surface area contributed by atoms with Crippen molar-refractivity contribution in [2.45, 2.75) is 18.1 Å². The quantitative estimate of drug-likeness (QED) is 0.788. The standard InChI is InChI=1S/C19H19N3/c1-22(2)19-15-9-5-3-7-13(15)17-18(21-12-11-20-17)14-8-4-6-10-16(14)19/h3-12,17-19H,1-2H3. The van der Waals surface area contributed by atoms with Crippen molar-refractivity contribution in [2.75, 3.05) is 14.1 Å². The van der Waals surface area contributed by atoms with Crippen molar-refractivity contribution < 1.29 is 0 Å². The fourth-order valence-corrected chi connectivity index (χ4v) is 3.71. The predicted molar refractivity (Wildman–Crippen MR) is 90.9 cm³/mol. The zero-order chi connectivity index (χ0) is 15.1. The van der Waals surface area contributed by atoms with E-state index >= 15 is 0 Å². The van der Waals surface area contributed by atoms with Gasteiger partial charge in [-0.25, -0.2) is 0 Å². The lowest BCUT2D eigenvalue weighted by Crippen LogP contribution is -2.22. The maximum Gasteiger partial charge on any atom is 0.102 e. The second-order valence-corrected chi connectivity index (χ2v) is 6.11. The largest absolute Gasteiger partial charge is 0.299 e. The number of benzene rings is 2. The summed E-state index contributed by atoms with van der Waals surface area (Å²) in [5, 5.41) is 0. The van der Waals surface area contributed by atoms with Crippen LogP contribution in [0.3, 0.4) is 0 Å². The summed E-state index contributed by atoms with van der Waals surface area (Å²) in [7, 11) is 4.28. The van der Waals surface area contributed by atoms with Gasteiger partial charge in [-0.15, -0.1) is 0 Å². The zero-order valence-electron chi connectivity index (χ0n) is 12.8. The van der Waals surface area contributed by atoms with Crippen LogP contribution in [0.25, 0.3) is 0 Å². The molecule has 0 fully saturated rings. The maximum atomic E-state index is 4.75. The lowest BCUT2D eigenvalue weighted by Gasteiger charge is -2.27. The first-order valence-corrected chi connectivity index (χ1v) is 7.66. The van der Waals surface area contributed by atoms with E-state index in [1.807, 2.05) is 12.4 Å². The van der Waals surface area contributed by atoms with E-state index in [0.29, 0.717) is 0 Å². The molecule has 0 aromatic heterocycles. The van der Waals surface area contributed by atoms with Crippen molar-refractivity contribution in [3.8, 4) is 0 Å². The number of fused-ring (bicyclic) bond motifs is 5. The molecule has 1 aliphatic heterocycles. The van der Waals surface area contributed by atoms with Crippen LogP contribution in [0.5, 0.6) is 0 Å². The molecule has 3 heteroatoms. The molecule has 3 nitrogen and oxygen atoms in total. The minimum absolute atomic E-state index is 0.0762. The number of hydrogen-bond donors (Lipinski definition) is 0. The van der Waals surface area contributed by atoms with E-state index < -0.39 is 0 Å². The molecule has 2 atom stereocenters. The molecule has 110 valence electrons. The van der Waals surface area contributed by atoms with E-state index in [4.69, 9.17) is 9.98 Å². The van der Waals surface area contributed by atoms with Crippen molar-refractivity contribution in [1.82, 2.24) is 4.90 Å². The van der Waals surface area contributed by atoms with Crippen molar-refractivity contribution in [3.63, 3.8) is 0 Å². The topological polar surface area (TPSA) is 28.0 Å². The molecule has 0 saturated heterocycles. The number of rotatable bonds is 1. The van der Waals surface area contributed by atoms with Gasteiger partial charge >= 0.3 is 0 Å². The minimum Gasteiger partial charge on any atom is -0.299 e. The molecule has 0 bridgehead atoms. The number of hydrogen-bond acceptors (Lipinski definition) is 3. The van der Waals surface area contributed by atoms with Gasteiger partial charge in [0.25, 0.3) is 0 Å². The monoisotopic (exact) mass is 289 g/mol. The van der Waals surface area contributed by atoms with E-state index in [0.717, 1.165) is 0 Å². The first-order chi connectivity index (χ1) is 10.8. The highest BCUT2D eigenvalue weighted by molar-refractivity contribution is 6.16. The zero-order valence-corrected chi connectivity index (χ0v) is 12.8. The normalized spacial score (nSPS) is 25.3. The van der Waals surface area contributed by atoms with Crippen LogP contribution in [0.15, 0.2) is 58.5 Å². The Balaban J connectivity index is 2.04. The molecule has 22 heavy (non-hydrogen) atoms. The van der Waals surface area contributed by atoms with Gasteiger partial charge in [-0.3, -0.25) is 14.9 Å². The molecule has 4 rings (SSSR count). The average Bonchev–Trinajstić information content (AvgIpc) is 2.68. The van der Waals surface area contributed by atoms with Gasteiger partial charge in [-0.05, 0) is 36.3 Å². The Morgan fingerprint density at radius 1 is 0.682 bits per heavy atom. The van der Waals surface area contributed by atoms with Gasteiger partial charge in [0.1, 0.15) is 12.1 Å². The van der Waals surface area contributed by atoms with Crippen LogP contribution in [0.1, 0.15) is 40.4 Å². The summed E-state index contributed by atoms with van der Waals surface area (Å²) in [6, 6.07) is 17.7. The highest BCUT2D eigenvalue weighted by atomic mass is 15.1. The molecule has 0 N–H and O–H groups in total. The molecule has 0 spiro atoms. The van der Waals surface area contributed by atoms with E-state index in [9.17, 15) is 0 Å². The van der Waals surface area contributed by atoms with Crippen molar-refractivity contribution in [1.29, 1.82) is 0 Å². The molecule has 2 aliphatic rings. The molecule has 2 aromatic carbocycles. The molecule has 1 heterocycles. The summed E-state index contributed by atoms with van der Waals surface area (Å²) in [4.78, 5) is 11.8. The first-order valence-electron chi connectivity index (χ1n) is 7.66. The SMILES string of the molecule is CN(C)C1c2ccccc2C2N=CC=NC2c2ccccc21. The van der Waals surface area contributed by atoms with Gasteiger partial charge < -0.3 is 0 Å². The van der Waals surface area contributed by atoms with Crippen LogP contribution >= 0.6 is 0 Å². The number of nitrogens with zero attached hydrogens (tertiary/aromatic N) is 3. The molecule has 0 amide bonds. The van der Waals surface area contributed by atoms with Gasteiger partial charge in [0.2, 0.25) is 0 Å². The lowest BCUT2D eigenvalue weighted by molar-refractivity contribution is 0.341. The second kappa shape index (κ2) is 5.18. The van der Waals surface area contributed by atoms with Gasteiger partial charge in [-0.2, -0.15) is 0 Å². The molecule has 0 saturated carbocycles. The highest BCUT2D eigenvalue weighted by Crippen LogP contribution is 2.47. The Morgan fingerprint density at radius 3 is 1.50 bits per heavy atom. The van der Waals surface area contributed by atoms with Crippen LogP contribution in [0.2, 0.25) is 0 Å². The number of aliphatic imine (C=N–C) groups is 2. The van der Waals surface area contributed by atoms with E-state index in [1.54, 1.807) is 0 Å². The van der Waals surface area contributed by atoms with Crippen LogP contribution in [0, 0.1) is 0 Å². The third-order valence-electron chi connectivity index (χ3n) is 4.59. The second-order valence-electron chi connectivity index (χ2n) is 6.11. The minimum atomic E-state index is 0.0762.